The summed E-state index contributed by atoms with van der Waals surface area (Å²) in [5.41, 5.74) is 2.40. The van der Waals surface area contributed by atoms with E-state index < -0.39 is 5.97 Å². The van der Waals surface area contributed by atoms with Gasteiger partial charge in [0.1, 0.15) is 0 Å². The molecule has 1 aliphatic rings. The van der Waals surface area contributed by atoms with Crippen molar-refractivity contribution in [3.05, 3.63) is 53.3 Å². The third-order valence-electron chi connectivity index (χ3n) is 3.45. The number of aromatic carboxylic acids is 1. The molecular formula is C14H14N2O2. The van der Waals surface area contributed by atoms with Crippen molar-refractivity contribution < 1.29 is 9.90 Å². The Bertz CT molecular complexity index is 575. The number of nitrogens with zero attached hydrogens (tertiary/aromatic N) is 2. The van der Waals surface area contributed by atoms with Crippen molar-refractivity contribution >= 4 is 5.97 Å². The molecule has 0 amide bonds. The zero-order valence-electron chi connectivity index (χ0n) is 9.91. The Morgan fingerprint density at radius 1 is 1.33 bits per heavy atom. The largest absolute Gasteiger partial charge is 0.476 e. The van der Waals surface area contributed by atoms with Gasteiger partial charge >= 0.3 is 5.97 Å². The topological polar surface area (TPSA) is 55.1 Å². The van der Waals surface area contributed by atoms with Crippen molar-refractivity contribution in [3.63, 3.8) is 0 Å². The molecule has 1 atom stereocenters. The average Bonchev–Trinajstić information content (AvgIpc) is 2.83. The van der Waals surface area contributed by atoms with Gasteiger partial charge in [0.25, 0.3) is 0 Å². The maximum Gasteiger partial charge on any atom is 0.356 e. The number of rotatable bonds is 2. The zero-order valence-corrected chi connectivity index (χ0v) is 9.91. The number of benzene rings is 1. The normalized spacial score (nSPS) is 18.3. The summed E-state index contributed by atoms with van der Waals surface area (Å²) < 4.78 is 1.84. The SMILES string of the molecule is O=C(O)c1cc2n(n1)CCCC2c1ccccc1. The van der Waals surface area contributed by atoms with E-state index in [9.17, 15) is 4.79 Å². The summed E-state index contributed by atoms with van der Waals surface area (Å²) in [4.78, 5) is 11.0. The van der Waals surface area contributed by atoms with Gasteiger partial charge in [-0.3, -0.25) is 4.68 Å². The van der Waals surface area contributed by atoms with Gasteiger partial charge in [-0.1, -0.05) is 30.3 Å². The lowest BCUT2D eigenvalue weighted by atomic mass is 9.89. The summed E-state index contributed by atoms with van der Waals surface area (Å²) in [5.74, 6) is -0.690. The van der Waals surface area contributed by atoms with E-state index in [2.05, 4.69) is 17.2 Å². The highest BCUT2D eigenvalue weighted by molar-refractivity contribution is 5.85. The van der Waals surface area contributed by atoms with Crippen LogP contribution in [0, 0.1) is 0 Å². The summed E-state index contributed by atoms with van der Waals surface area (Å²) in [6, 6.07) is 11.9. The van der Waals surface area contributed by atoms with Crippen LogP contribution in [0.2, 0.25) is 0 Å². The smallest absolute Gasteiger partial charge is 0.356 e. The third kappa shape index (κ3) is 1.79. The van der Waals surface area contributed by atoms with Crippen LogP contribution in [0.4, 0.5) is 0 Å². The van der Waals surface area contributed by atoms with E-state index in [1.165, 1.54) is 5.56 Å². The summed E-state index contributed by atoms with van der Waals surface area (Å²) in [5, 5.41) is 13.2. The molecule has 18 heavy (non-hydrogen) atoms. The fraction of sp³-hybridized carbons (Fsp3) is 0.286. The number of hydrogen-bond donors (Lipinski definition) is 1. The van der Waals surface area contributed by atoms with Gasteiger partial charge in [0.2, 0.25) is 0 Å². The first kappa shape index (κ1) is 11.0. The number of carboxylic acids is 1. The maximum atomic E-state index is 11.0. The van der Waals surface area contributed by atoms with Gasteiger partial charge in [0.15, 0.2) is 5.69 Å². The molecule has 3 rings (SSSR count). The van der Waals surface area contributed by atoms with Crippen LogP contribution in [0.3, 0.4) is 0 Å². The average molecular weight is 242 g/mol. The molecule has 2 aromatic rings. The lowest BCUT2D eigenvalue weighted by molar-refractivity contribution is 0.0689. The summed E-state index contributed by atoms with van der Waals surface area (Å²) in [6.07, 6.45) is 2.09. The molecule has 0 saturated heterocycles. The standard InChI is InChI=1S/C14H14N2O2/c17-14(18)12-9-13-11(7-4-8-16(13)15-12)10-5-2-1-3-6-10/h1-3,5-6,9,11H,4,7-8H2,(H,17,18). The second-order valence-electron chi connectivity index (χ2n) is 4.59. The van der Waals surface area contributed by atoms with Crippen LogP contribution in [0.5, 0.6) is 0 Å². The van der Waals surface area contributed by atoms with Crippen LogP contribution in [0.25, 0.3) is 0 Å². The van der Waals surface area contributed by atoms with Crippen molar-refractivity contribution in [2.24, 2.45) is 0 Å². The molecule has 0 spiro atoms. The van der Waals surface area contributed by atoms with Crippen molar-refractivity contribution in [1.82, 2.24) is 9.78 Å². The van der Waals surface area contributed by atoms with Crippen molar-refractivity contribution in [2.75, 3.05) is 0 Å². The molecule has 0 radical (unpaired) electrons. The van der Waals surface area contributed by atoms with E-state index in [0.717, 1.165) is 25.1 Å². The number of carbonyl (C=O) groups is 1. The number of fused-ring (bicyclic) bond motifs is 1. The summed E-state index contributed by atoms with van der Waals surface area (Å²) in [6.45, 7) is 0.811. The molecule has 0 fully saturated rings. The first-order chi connectivity index (χ1) is 8.75. The van der Waals surface area contributed by atoms with Gasteiger partial charge in [-0.15, -0.1) is 0 Å². The fourth-order valence-electron chi connectivity index (χ4n) is 2.61. The molecule has 1 unspecified atom stereocenters. The summed E-state index contributed by atoms with van der Waals surface area (Å²) >= 11 is 0. The van der Waals surface area contributed by atoms with Gasteiger partial charge in [-0.05, 0) is 24.5 Å². The molecule has 4 heteroatoms. The highest BCUT2D eigenvalue weighted by atomic mass is 16.4. The second kappa shape index (κ2) is 4.29. The quantitative estimate of drug-likeness (QED) is 0.880. The van der Waals surface area contributed by atoms with E-state index >= 15 is 0 Å². The van der Waals surface area contributed by atoms with Crippen molar-refractivity contribution in [2.45, 2.75) is 25.3 Å². The molecule has 0 bridgehead atoms. The van der Waals surface area contributed by atoms with E-state index in [4.69, 9.17) is 5.11 Å². The molecule has 0 aliphatic carbocycles. The Balaban J connectivity index is 2.04. The Hall–Kier alpha value is -2.10. The highest BCUT2D eigenvalue weighted by Crippen LogP contribution is 2.33. The molecule has 2 heterocycles. The predicted octanol–water partition coefficient (Wildman–Crippen LogP) is 2.51. The van der Waals surface area contributed by atoms with Crippen LogP contribution in [-0.2, 0) is 6.54 Å². The van der Waals surface area contributed by atoms with Gasteiger partial charge in [-0.2, -0.15) is 5.10 Å². The second-order valence-corrected chi connectivity index (χ2v) is 4.59. The maximum absolute atomic E-state index is 11.0. The first-order valence-corrected chi connectivity index (χ1v) is 6.11. The molecule has 1 aromatic heterocycles. The van der Waals surface area contributed by atoms with E-state index in [0.29, 0.717) is 0 Å². The van der Waals surface area contributed by atoms with Gasteiger partial charge in [0, 0.05) is 18.2 Å². The Labute approximate surface area is 105 Å². The number of aromatic nitrogens is 2. The monoisotopic (exact) mass is 242 g/mol. The van der Waals surface area contributed by atoms with Gasteiger partial charge in [0.05, 0.1) is 0 Å². The predicted molar refractivity (Wildman–Crippen MR) is 66.7 cm³/mol. The molecule has 1 aromatic carbocycles. The van der Waals surface area contributed by atoms with Crippen molar-refractivity contribution in [3.8, 4) is 0 Å². The first-order valence-electron chi connectivity index (χ1n) is 6.11. The van der Waals surface area contributed by atoms with E-state index in [1.54, 1.807) is 6.07 Å². The Kier molecular flexibility index (Phi) is 2.63. The molecule has 0 saturated carbocycles. The lowest BCUT2D eigenvalue weighted by Gasteiger charge is -2.23. The van der Waals surface area contributed by atoms with Crippen LogP contribution in [0.15, 0.2) is 36.4 Å². The highest BCUT2D eigenvalue weighted by Gasteiger charge is 2.25. The molecule has 1 N–H and O–H groups in total. The number of carboxylic acid groups (broad SMARTS) is 1. The van der Waals surface area contributed by atoms with Crippen molar-refractivity contribution in [1.29, 1.82) is 0 Å². The minimum absolute atomic E-state index is 0.146. The third-order valence-corrected chi connectivity index (χ3v) is 3.45. The number of aryl methyl sites for hydroxylation is 1. The zero-order chi connectivity index (χ0) is 12.5. The van der Waals surface area contributed by atoms with Crippen LogP contribution in [0.1, 0.15) is 40.5 Å². The van der Waals surface area contributed by atoms with E-state index in [1.807, 2.05) is 22.9 Å². The Morgan fingerprint density at radius 2 is 2.11 bits per heavy atom. The fourth-order valence-corrected chi connectivity index (χ4v) is 2.61. The van der Waals surface area contributed by atoms with Crippen LogP contribution >= 0.6 is 0 Å². The van der Waals surface area contributed by atoms with Gasteiger partial charge < -0.3 is 5.11 Å². The Morgan fingerprint density at radius 3 is 2.83 bits per heavy atom. The molecule has 4 nitrogen and oxygen atoms in total. The lowest BCUT2D eigenvalue weighted by Crippen LogP contribution is -2.17. The minimum atomic E-state index is -0.955. The van der Waals surface area contributed by atoms with E-state index in [-0.39, 0.29) is 11.6 Å². The molecular weight excluding hydrogens is 228 g/mol. The van der Waals surface area contributed by atoms with Gasteiger partial charge in [-0.25, -0.2) is 4.79 Å². The van der Waals surface area contributed by atoms with Crippen LogP contribution < -0.4 is 0 Å². The van der Waals surface area contributed by atoms with Crippen LogP contribution in [-0.4, -0.2) is 20.9 Å². The number of hydrogen-bond acceptors (Lipinski definition) is 2. The molecule has 1 aliphatic heterocycles. The molecule has 92 valence electrons. The summed E-state index contributed by atoms with van der Waals surface area (Å²) in [7, 11) is 0. The minimum Gasteiger partial charge on any atom is -0.476 e.